The van der Waals surface area contributed by atoms with Crippen LogP contribution in [-0.4, -0.2) is 32.7 Å². The number of carbonyl (C=O) groups is 1. The minimum Gasteiger partial charge on any atom is -0.488 e. The van der Waals surface area contributed by atoms with Crippen molar-refractivity contribution in [1.29, 1.82) is 5.26 Å². The number of ether oxygens (including phenoxy) is 2. The minimum atomic E-state index is -1.01. The Morgan fingerprint density at radius 3 is 2.57 bits per heavy atom. The maximum Gasteiger partial charge on any atom is 0.356 e. The number of aromatic carboxylic acids is 1. The topological polar surface area (TPSA) is 111 Å². The molecular weight excluding hydrogens is 588 g/mol. The van der Waals surface area contributed by atoms with Crippen LogP contribution in [0.4, 0.5) is 0 Å². The van der Waals surface area contributed by atoms with Gasteiger partial charge in [0.1, 0.15) is 24.7 Å². The van der Waals surface area contributed by atoms with Crippen molar-refractivity contribution in [3.05, 3.63) is 135 Å². The first-order valence-electron chi connectivity index (χ1n) is 16.1. The zero-order valence-corrected chi connectivity index (χ0v) is 26.4. The Kier molecular flexibility index (Phi) is 8.47. The molecule has 47 heavy (non-hydrogen) atoms. The molecule has 1 aromatic heterocycles. The highest BCUT2D eigenvalue weighted by molar-refractivity contribution is 5.87. The Bertz CT molecular complexity index is 1990. The van der Waals surface area contributed by atoms with Crippen LogP contribution in [0.3, 0.4) is 0 Å². The van der Waals surface area contributed by atoms with E-state index >= 15 is 0 Å². The second-order valence-corrected chi connectivity index (χ2v) is 12.3. The average Bonchev–Trinajstić information content (AvgIpc) is 3.76. The van der Waals surface area contributed by atoms with Gasteiger partial charge < -0.3 is 14.6 Å². The summed E-state index contributed by atoms with van der Waals surface area (Å²) < 4.78 is 13.2. The van der Waals surface area contributed by atoms with Gasteiger partial charge in [-0.25, -0.2) is 4.79 Å². The Morgan fingerprint density at radius 2 is 1.74 bits per heavy atom. The summed E-state index contributed by atoms with van der Waals surface area (Å²) in [5.74, 6) is 0.588. The summed E-state index contributed by atoms with van der Waals surface area (Å²) in [6.45, 7) is 4.81. The van der Waals surface area contributed by atoms with Gasteiger partial charge in [0.05, 0.1) is 11.6 Å². The van der Waals surface area contributed by atoms with E-state index in [1.54, 1.807) is 6.07 Å². The molecule has 2 heterocycles. The van der Waals surface area contributed by atoms with Crippen molar-refractivity contribution in [2.45, 2.75) is 58.9 Å². The first-order valence-corrected chi connectivity index (χ1v) is 16.1. The molecule has 0 unspecified atom stereocenters. The number of carboxylic acids is 1. The fourth-order valence-electron chi connectivity index (χ4n) is 6.93. The number of H-pyrrole nitrogens is 1. The molecule has 7 rings (SSSR count). The van der Waals surface area contributed by atoms with Gasteiger partial charge in [-0.2, -0.15) is 10.4 Å². The predicted molar refractivity (Wildman–Crippen MR) is 178 cm³/mol. The zero-order valence-electron chi connectivity index (χ0n) is 26.4. The zero-order chi connectivity index (χ0) is 32.3. The van der Waals surface area contributed by atoms with E-state index in [4.69, 9.17) is 9.47 Å². The van der Waals surface area contributed by atoms with Gasteiger partial charge in [-0.15, -0.1) is 0 Å². The lowest BCUT2D eigenvalue weighted by molar-refractivity contribution is 0.0687. The molecule has 0 radical (unpaired) electrons. The first-order chi connectivity index (χ1) is 23.0. The van der Waals surface area contributed by atoms with E-state index in [0.29, 0.717) is 38.3 Å². The van der Waals surface area contributed by atoms with Crippen LogP contribution in [0.2, 0.25) is 0 Å². The standard InChI is InChI=1S/C39H36N4O4/c1-25-29(12-6-13-30(25)28-10-3-2-4-11-28)24-47-36-19-37(46-23-27-9-5-8-26(18-27)20-40)33(31-14-7-15-32(31)36)21-43-17-16-35-34(22-43)38(39(44)45)42-41-35/h2-6,8-13,18-19H,7,14-17,21-24H2,1H3,(H,41,42)(H,44,45). The summed E-state index contributed by atoms with van der Waals surface area (Å²) in [6.07, 6.45) is 3.59. The van der Waals surface area contributed by atoms with Crippen molar-refractivity contribution in [3.8, 4) is 28.7 Å². The van der Waals surface area contributed by atoms with E-state index in [1.807, 2.05) is 30.3 Å². The largest absolute Gasteiger partial charge is 0.488 e. The minimum absolute atomic E-state index is 0.0964. The normalized spacial score (nSPS) is 13.9. The number of nitrogens with zero attached hydrogens (tertiary/aromatic N) is 3. The third-order valence-corrected chi connectivity index (χ3v) is 9.40. The lowest BCUT2D eigenvalue weighted by atomic mass is 9.96. The highest BCUT2D eigenvalue weighted by atomic mass is 16.5. The van der Waals surface area contributed by atoms with Gasteiger partial charge in [0, 0.05) is 48.9 Å². The molecule has 2 N–H and O–H groups in total. The van der Waals surface area contributed by atoms with Crippen LogP contribution in [0.1, 0.15) is 67.1 Å². The Morgan fingerprint density at radius 1 is 0.936 bits per heavy atom. The van der Waals surface area contributed by atoms with Crippen molar-refractivity contribution < 1.29 is 19.4 Å². The number of fused-ring (bicyclic) bond motifs is 2. The second-order valence-electron chi connectivity index (χ2n) is 12.3. The van der Waals surface area contributed by atoms with Crippen LogP contribution in [0.15, 0.2) is 78.9 Å². The molecule has 0 spiro atoms. The quantitative estimate of drug-likeness (QED) is 0.170. The lowest BCUT2D eigenvalue weighted by Crippen LogP contribution is -2.31. The number of rotatable bonds is 10. The fraction of sp³-hybridized carbons (Fsp3) is 0.256. The number of benzene rings is 4. The number of hydrogen-bond donors (Lipinski definition) is 2. The molecule has 4 aromatic carbocycles. The average molecular weight is 625 g/mol. The van der Waals surface area contributed by atoms with E-state index in [9.17, 15) is 15.2 Å². The lowest BCUT2D eigenvalue weighted by Gasteiger charge is -2.29. The fourth-order valence-corrected chi connectivity index (χ4v) is 6.93. The molecule has 0 bridgehead atoms. The number of carboxylic acid groups (broad SMARTS) is 1. The summed E-state index contributed by atoms with van der Waals surface area (Å²) in [5, 5.41) is 26.1. The summed E-state index contributed by atoms with van der Waals surface area (Å²) in [4.78, 5) is 14.1. The molecule has 0 atom stereocenters. The van der Waals surface area contributed by atoms with Crippen LogP contribution in [0.25, 0.3) is 11.1 Å². The molecule has 0 saturated heterocycles. The van der Waals surface area contributed by atoms with Crippen molar-refractivity contribution >= 4 is 5.97 Å². The van der Waals surface area contributed by atoms with E-state index in [0.717, 1.165) is 65.3 Å². The smallest absolute Gasteiger partial charge is 0.356 e. The van der Waals surface area contributed by atoms with Crippen molar-refractivity contribution in [2.24, 2.45) is 0 Å². The van der Waals surface area contributed by atoms with Gasteiger partial charge in [0.25, 0.3) is 0 Å². The monoisotopic (exact) mass is 624 g/mol. The number of nitriles is 1. The Hall–Kier alpha value is -5.39. The third kappa shape index (κ3) is 6.23. The van der Waals surface area contributed by atoms with Crippen molar-refractivity contribution in [3.63, 3.8) is 0 Å². The number of nitrogens with one attached hydrogen (secondary N) is 1. The SMILES string of the molecule is Cc1c(COc2cc(OCc3cccc(C#N)c3)c(CN3CCc4[nH]nc(C(=O)O)c4C3)c3c2CCC3)cccc1-c1ccccc1. The highest BCUT2D eigenvalue weighted by Crippen LogP contribution is 2.41. The number of aromatic nitrogens is 2. The summed E-state index contributed by atoms with van der Waals surface area (Å²) in [5.41, 5.74) is 11.6. The maximum absolute atomic E-state index is 11.8. The summed E-state index contributed by atoms with van der Waals surface area (Å²) in [6, 6.07) is 28.5. The van der Waals surface area contributed by atoms with Crippen LogP contribution < -0.4 is 9.47 Å². The first kappa shape index (κ1) is 30.3. The van der Waals surface area contributed by atoms with Gasteiger partial charge in [0.15, 0.2) is 5.69 Å². The molecule has 0 saturated carbocycles. The van der Waals surface area contributed by atoms with Crippen LogP contribution >= 0.6 is 0 Å². The van der Waals surface area contributed by atoms with E-state index in [1.165, 1.54) is 27.8 Å². The van der Waals surface area contributed by atoms with E-state index in [-0.39, 0.29) is 5.69 Å². The van der Waals surface area contributed by atoms with E-state index < -0.39 is 5.97 Å². The Labute approximate surface area is 274 Å². The molecular formula is C39H36N4O4. The van der Waals surface area contributed by atoms with Gasteiger partial charge in [-0.05, 0) is 77.3 Å². The van der Waals surface area contributed by atoms with Crippen molar-refractivity contribution in [1.82, 2.24) is 15.1 Å². The molecule has 5 aromatic rings. The second kappa shape index (κ2) is 13.1. The van der Waals surface area contributed by atoms with Gasteiger partial charge in [-0.3, -0.25) is 10.00 Å². The highest BCUT2D eigenvalue weighted by Gasteiger charge is 2.29. The van der Waals surface area contributed by atoms with Crippen molar-refractivity contribution in [2.75, 3.05) is 6.54 Å². The summed E-state index contributed by atoms with van der Waals surface area (Å²) >= 11 is 0. The van der Waals surface area contributed by atoms with Crippen LogP contribution in [0, 0.1) is 18.3 Å². The summed E-state index contributed by atoms with van der Waals surface area (Å²) in [7, 11) is 0. The van der Waals surface area contributed by atoms with Crippen LogP contribution in [-0.2, 0) is 45.6 Å². The van der Waals surface area contributed by atoms with Gasteiger partial charge >= 0.3 is 5.97 Å². The van der Waals surface area contributed by atoms with Gasteiger partial charge in [0.2, 0.25) is 0 Å². The number of aromatic amines is 1. The molecule has 8 heteroatoms. The predicted octanol–water partition coefficient (Wildman–Crippen LogP) is 7.16. The molecule has 8 nitrogen and oxygen atoms in total. The maximum atomic E-state index is 11.8. The van der Waals surface area contributed by atoms with E-state index in [2.05, 4.69) is 70.6 Å². The molecule has 2 aliphatic rings. The molecule has 1 aliphatic heterocycles. The molecule has 1 aliphatic carbocycles. The molecule has 236 valence electrons. The third-order valence-electron chi connectivity index (χ3n) is 9.40. The Balaban J connectivity index is 1.20. The molecule has 0 fully saturated rings. The van der Waals surface area contributed by atoms with Gasteiger partial charge in [-0.1, -0.05) is 60.7 Å². The van der Waals surface area contributed by atoms with Crippen LogP contribution in [0.5, 0.6) is 11.5 Å². The number of hydrogen-bond acceptors (Lipinski definition) is 6. The molecule has 0 amide bonds.